The number of carboxylic acids is 1. The van der Waals surface area contributed by atoms with E-state index in [4.69, 9.17) is 24.8 Å². The normalized spacial score (nSPS) is 14.1. The van der Waals surface area contributed by atoms with Crippen molar-refractivity contribution in [3.63, 3.8) is 0 Å². The van der Waals surface area contributed by atoms with Gasteiger partial charge in [-0.1, -0.05) is 184 Å². The second-order valence-corrected chi connectivity index (χ2v) is 17.0. The van der Waals surface area contributed by atoms with E-state index in [0.717, 1.165) is 44.9 Å². The molecule has 0 aliphatic rings. The van der Waals surface area contributed by atoms with Crippen molar-refractivity contribution < 1.29 is 47.5 Å². The summed E-state index contributed by atoms with van der Waals surface area (Å²) < 4.78 is 32.7. The van der Waals surface area contributed by atoms with Crippen LogP contribution in [0.3, 0.4) is 0 Å². The number of carboxylic acid groups (broad SMARTS) is 1. The summed E-state index contributed by atoms with van der Waals surface area (Å²) >= 11 is 0. The second-order valence-electron chi connectivity index (χ2n) is 15.5. The van der Waals surface area contributed by atoms with Crippen molar-refractivity contribution in [1.29, 1.82) is 0 Å². The van der Waals surface area contributed by atoms with Gasteiger partial charge in [-0.2, -0.15) is 0 Å². The van der Waals surface area contributed by atoms with Gasteiger partial charge in [0.05, 0.1) is 13.2 Å². The fraction of sp³-hybridized carbons (Fsp3) is 0.766. The molecule has 0 aromatic rings. The summed E-state index contributed by atoms with van der Waals surface area (Å²) in [7, 11) is -4.73. The van der Waals surface area contributed by atoms with Crippen LogP contribution in [0.2, 0.25) is 0 Å². The Morgan fingerprint density at radius 3 is 1.39 bits per heavy atom. The first-order chi connectivity index (χ1) is 28.6. The third-order valence-electron chi connectivity index (χ3n) is 9.83. The second kappa shape index (κ2) is 42.1. The third-order valence-corrected chi connectivity index (χ3v) is 10.8. The molecule has 0 aromatic carbocycles. The van der Waals surface area contributed by atoms with E-state index < -0.39 is 51.1 Å². The van der Waals surface area contributed by atoms with Crippen molar-refractivity contribution in [3.8, 4) is 0 Å². The van der Waals surface area contributed by atoms with Crippen LogP contribution in [0.4, 0.5) is 0 Å². The predicted octanol–water partition coefficient (Wildman–Crippen LogP) is 12.6. The molecule has 3 atom stereocenters. The van der Waals surface area contributed by atoms with E-state index in [-0.39, 0.29) is 19.4 Å². The SMILES string of the molecule is CCCCC/C=C/C/C=C/C/C=C/C/C=C/CCCC(=O)O[C@H](COC(=O)CCCCCCCCCCCCCCCCCCCC)COP(=O)(O)OC[C@H](N)C(=O)O. The number of esters is 2. The highest BCUT2D eigenvalue weighted by atomic mass is 31.2. The molecule has 0 aliphatic heterocycles. The summed E-state index contributed by atoms with van der Waals surface area (Å²) in [5.74, 6) is -2.45. The quantitative estimate of drug-likeness (QED) is 0.0231. The van der Waals surface area contributed by atoms with Gasteiger partial charge in [0.2, 0.25) is 0 Å². The first-order valence-electron chi connectivity index (χ1n) is 23.2. The molecule has 0 amide bonds. The highest BCUT2D eigenvalue weighted by Gasteiger charge is 2.28. The van der Waals surface area contributed by atoms with E-state index in [0.29, 0.717) is 19.3 Å². The maximum atomic E-state index is 12.6. The lowest BCUT2D eigenvalue weighted by molar-refractivity contribution is -0.161. The van der Waals surface area contributed by atoms with E-state index >= 15 is 0 Å². The highest BCUT2D eigenvalue weighted by molar-refractivity contribution is 7.47. The van der Waals surface area contributed by atoms with Crippen LogP contribution in [0.25, 0.3) is 0 Å². The van der Waals surface area contributed by atoms with Gasteiger partial charge < -0.3 is 25.2 Å². The minimum Gasteiger partial charge on any atom is -0.480 e. The molecule has 59 heavy (non-hydrogen) atoms. The average Bonchev–Trinajstić information content (AvgIpc) is 3.21. The largest absolute Gasteiger partial charge is 0.480 e. The number of ether oxygens (including phenoxy) is 2. The van der Waals surface area contributed by atoms with E-state index in [1.807, 2.05) is 12.2 Å². The number of phosphoric ester groups is 1. The van der Waals surface area contributed by atoms with Crippen LogP contribution < -0.4 is 5.73 Å². The molecular weight excluding hydrogens is 769 g/mol. The van der Waals surface area contributed by atoms with Crippen molar-refractivity contribution in [1.82, 2.24) is 0 Å². The average molecular weight is 854 g/mol. The molecule has 12 heteroatoms. The Morgan fingerprint density at radius 1 is 0.525 bits per heavy atom. The standard InChI is InChI=1S/C47H84NO10P/c1-3-5-7-9-11-13-15-17-19-21-23-24-26-28-30-32-34-36-38-45(49)55-40-43(41-56-59(53,54)57-42-44(48)47(51)52)58-46(50)39-37-35-33-31-29-27-25-22-20-18-16-14-12-10-8-6-4-2/h12,14,18,20,25,27,31,33,43-44H,3-11,13,15-17,19,21-24,26,28-30,32,34-42,48H2,1-2H3,(H,51,52)(H,53,54)/b14-12+,20-18+,27-25+,33-31+/t43-,44+/m1/s1. The zero-order chi connectivity index (χ0) is 43.5. The molecule has 0 aliphatic carbocycles. The number of phosphoric acid groups is 1. The van der Waals surface area contributed by atoms with Crippen molar-refractivity contribution in [2.45, 2.75) is 212 Å². The molecule has 0 saturated carbocycles. The number of carbonyl (C=O) groups excluding carboxylic acids is 2. The summed E-state index contributed by atoms with van der Waals surface area (Å²) in [4.78, 5) is 46.0. The molecule has 4 N–H and O–H groups in total. The zero-order valence-electron chi connectivity index (χ0n) is 37.1. The number of aliphatic carboxylic acids is 1. The molecule has 0 spiro atoms. The number of hydrogen-bond acceptors (Lipinski definition) is 9. The minimum absolute atomic E-state index is 0.0858. The first kappa shape index (κ1) is 56.4. The van der Waals surface area contributed by atoms with Gasteiger partial charge in [-0.05, 0) is 51.4 Å². The van der Waals surface area contributed by atoms with Gasteiger partial charge in [-0.3, -0.25) is 23.4 Å². The van der Waals surface area contributed by atoms with Crippen LogP contribution in [-0.4, -0.2) is 59.9 Å². The summed E-state index contributed by atoms with van der Waals surface area (Å²) in [6.07, 6.45) is 47.5. The number of allylic oxidation sites excluding steroid dienone is 8. The summed E-state index contributed by atoms with van der Waals surface area (Å²) in [6, 6.07) is -1.53. The molecular formula is C47H84NO10P. The Hall–Kier alpha value is -2.56. The van der Waals surface area contributed by atoms with Gasteiger partial charge in [-0.15, -0.1) is 0 Å². The molecule has 0 heterocycles. The fourth-order valence-corrected chi connectivity index (χ4v) is 6.95. The molecule has 0 saturated heterocycles. The molecule has 342 valence electrons. The Morgan fingerprint density at radius 2 is 0.915 bits per heavy atom. The van der Waals surface area contributed by atoms with Gasteiger partial charge >= 0.3 is 25.7 Å². The van der Waals surface area contributed by atoms with Gasteiger partial charge in [0.15, 0.2) is 6.10 Å². The van der Waals surface area contributed by atoms with Crippen molar-refractivity contribution in [3.05, 3.63) is 48.6 Å². The maximum absolute atomic E-state index is 12.6. The Bertz CT molecular complexity index is 1190. The predicted molar refractivity (Wildman–Crippen MR) is 240 cm³/mol. The Balaban J connectivity index is 4.39. The molecule has 11 nitrogen and oxygen atoms in total. The highest BCUT2D eigenvalue weighted by Crippen LogP contribution is 2.43. The lowest BCUT2D eigenvalue weighted by Gasteiger charge is -2.20. The molecule has 0 rings (SSSR count). The lowest BCUT2D eigenvalue weighted by atomic mass is 10.0. The van der Waals surface area contributed by atoms with Gasteiger partial charge in [0.25, 0.3) is 0 Å². The molecule has 0 aromatic heterocycles. The van der Waals surface area contributed by atoms with Crippen LogP contribution in [0.5, 0.6) is 0 Å². The minimum atomic E-state index is -4.73. The summed E-state index contributed by atoms with van der Waals surface area (Å²) in [5.41, 5.74) is 5.33. The van der Waals surface area contributed by atoms with Crippen LogP contribution in [0, 0.1) is 0 Å². The topological polar surface area (TPSA) is 172 Å². The smallest absolute Gasteiger partial charge is 0.472 e. The van der Waals surface area contributed by atoms with Crippen molar-refractivity contribution >= 4 is 25.7 Å². The van der Waals surface area contributed by atoms with E-state index in [9.17, 15) is 23.8 Å². The van der Waals surface area contributed by atoms with Crippen LogP contribution in [-0.2, 0) is 37.5 Å². The zero-order valence-corrected chi connectivity index (χ0v) is 38.0. The third kappa shape index (κ3) is 41.9. The summed E-state index contributed by atoms with van der Waals surface area (Å²) in [6.45, 7) is 2.74. The van der Waals surface area contributed by atoms with Crippen LogP contribution in [0.1, 0.15) is 200 Å². The number of carbonyl (C=O) groups is 3. The van der Waals surface area contributed by atoms with Crippen molar-refractivity contribution in [2.24, 2.45) is 5.73 Å². The van der Waals surface area contributed by atoms with Gasteiger partial charge in [-0.25, -0.2) is 4.57 Å². The molecule has 1 unspecified atom stereocenters. The monoisotopic (exact) mass is 854 g/mol. The number of nitrogens with two attached hydrogens (primary N) is 1. The fourth-order valence-electron chi connectivity index (χ4n) is 6.18. The summed E-state index contributed by atoms with van der Waals surface area (Å²) in [5, 5.41) is 8.90. The maximum Gasteiger partial charge on any atom is 0.472 e. The molecule has 0 radical (unpaired) electrons. The molecule has 0 bridgehead atoms. The van der Waals surface area contributed by atoms with Crippen molar-refractivity contribution in [2.75, 3.05) is 19.8 Å². The Kier molecular flexibility index (Phi) is 40.3. The first-order valence-corrected chi connectivity index (χ1v) is 24.7. The van der Waals surface area contributed by atoms with E-state index in [2.05, 4.69) is 54.8 Å². The number of hydrogen-bond donors (Lipinski definition) is 3. The number of rotatable bonds is 43. The van der Waals surface area contributed by atoms with Gasteiger partial charge in [0.1, 0.15) is 12.6 Å². The van der Waals surface area contributed by atoms with Crippen LogP contribution in [0.15, 0.2) is 48.6 Å². The number of unbranched alkanes of at least 4 members (excludes halogenated alkanes) is 21. The molecule has 0 fully saturated rings. The lowest BCUT2D eigenvalue weighted by Crippen LogP contribution is -2.34. The Labute approximate surface area is 358 Å². The van der Waals surface area contributed by atoms with Crippen LogP contribution >= 0.6 is 7.82 Å². The van der Waals surface area contributed by atoms with E-state index in [1.165, 1.54) is 109 Å². The van der Waals surface area contributed by atoms with Gasteiger partial charge in [0, 0.05) is 12.8 Å². The van der Waals surface area contributed by atoms with E-state index in [1.54, 1.807) is 0 Å².